The maximum Gasteiger partial charge on any atom is 0.145 e. The van der Waals surface area contributed by atoms with E-state index in [4.69, 9.17) is 9.40 Å². The van der Waals surface area contributed by atoms with Crippen LogP contribution in [0.5, 0.6) is 0 Å². The van der Waals surface area contributed by atoms with Gasteiger partial charge in [0.25, 0.3) is 0 Å². The van der Waals surface area contributed by atoms with Crippen LogP contribution < -0.4 is 0 Å². The highest BCUT2D eigenvalue weighted by molar-refractivity contribution is 6.09. The summed E-state index contributed by atoms with van der Waals surface area (Å²) in [6, 6.07) is 51.2. The molecule has 1 spiro atoms. The first kappa shape index (κ1) is 27.4. The van der Waals surface area contributed by atoms with E-state index >= 15 is 0 Å². The maximum absolute atomic E-state index is 6.65. The Labute approximate surface area is 294 Å². The SMILES string of the molecule is C1=CC2=C(CC1)C1(c3ccccc32)c2ccccc2-c2cc(-c3ccc4c(c3)oc3cc(-n5c6ccccc6c6cccnc65)ccc34)ccc21. The Morgan fingerprint density at radius 3 is 2.20 bits per heavy atom. The van der Waals surface area contributed by atoms with Crippen LogP contribution in [0.2, 0.25) is 0 Å². The fraction of sp³-hybridized carbons (Fsp3) is 0.0625. The second kappa shape index (κ2) is 9.83. The van der Waals surface area contributed by atoms with Gasteiger partial charge in [-0.15, -0.1) is 0 Å². The van der Waals surface area contributed by atoms with Gasteiger partial charge in [0.2, 0.25) is 0 Å². The van der Waals surface area contributed by atoms with Gasteiger partial charge in [-0.25, -0.2) is 4.98 Å². The van der Waals surface area contributed by atoms with Gasteiger partial charge in [-0.3, -0.25) is 4.57 Å². The Balaban J connectivity index is 1.01. The first-order chi connectivity index (χ1) is 25.3. The zero-order valence-corrected chi connectivity index (χ0v) is 27.7. The highest BCUT2D eigenvalue weighted by Crippen LogP contribution is 2.63. The summed E-state index contributed by atoms with van der Waals surface area (Å²) in [7, 11) is 0. The first-order valence-corrected chi connectivity index (χ1v) is 17.8. The molecule has 3 aromatic heterocycles. The van der Waals surface area contributed by atoms with Crippen LogP contribution in [-0.2, 0) is 5.41 Å². The van der Waals surface area contributed by atoms with Crippen LogP contribution in [-0.4, -0.2) is 9.55 Å². The summed E-state index contributed by atoms with van der Waals surface area (Å²) >= 11 is 0. The summed E-state index contributed by atoms with van der Waals surface area (Å²) < 4.78 is 8.89. The van der Waals surface area contributed by atoms with Crippen molar-refractivity contribution < 1.29 is 4.42 Å². The molecule has 0 radical (unpaired) electrons. The molecule has 12 rings (SSSR count). The van der Waals surface area contributed by atoms with Gasteiger partial charge in [0.1, 0.15) is 16.8 Å². The molecule has 0 amide bonds. The molecule has 238 valence electrons. The summed E-state index contributed by atoms with van der Waals surface area (Å²) in [6.45, 7) is 0. The Morgan fingerprint density at radius 1 is 0.569 bits per heavy atom. The van der Waals surface area contributed by atoms with Gasteiger partial charge in [0, 0.05) is 33.8 Å². The molecule has 3 aliphatic rings. The smallest absolute Gasteiger partial charge is 0.145 e. The number of benzene rings is 6. The second-order valence-electron chi connectivity index (χ2n) is 14.2. The topological polar surface area (TPSA) is 31.0 Å². The number of rotatable bonds is 2. The van der Waals surface area contributed by atoms with E-state index in [9.17, 15) is 0 Å². The molecule has 1 unspecified atom stereocenters. The Kier molecular flexibility index (Phi) is 5.28. The van der Waals surface area contributed by atoms with Crippen molar-refractivity contribution in [2.75, 3.05) is 0 Å². The molecule has 1 atom stereocenters. The van der Waals surface area contributed by atoms with Crippen LogP contribution >= 0.6 is 0 Å². The lowest BCUT2D eigenvalue weighted by molar-refractivity contribution is 0.669. The van der Waals surface area contributed by atoms with Crippen molar-refractivity contribution in [2.24, 2.45) is 0 Å². The molecule has 3 nitrogen and oxygen atoms in total. The molecule has 6 aromatic carbocycles. The average molecular weight is 651 g/mol. The highest BCUT2D eigenvalue weighted by atomic mass is 16.3. The second-order valence-corrected chi connectivity index (χ2v) is 14.2. The van der Waals surface area contributed by atoms with Crippen LogP contribution in [0.25, 0.3) is 77.4 Å². The summed E-state index contributed by atoms with van der Waals surface area (Å²) in [5.74, 6) is 0. The van der Waals surface area contributed by atoms with Crippen molar-refractivity contribution in [1.82, 2.24) is 9.55 Å². The van der Waals surface area contributed by atoms with E-state index in [0.717, 1.165) is 62.6 Å². The molecule has 0 bridgehead atoms. The van der Waals surface area contributed by atoms with E-state index in [1.165, 1.54) is 49.9 Å². The summed E-state index contributed by atoms with van der Waals surface area (Å²) in [4.78, 5) is 4.78. The number of nitrogens with zero attached hydrogens (tertiary/aromatic N) is 2. The van der Waals surface area contributed by atoms with Gasteiger partial charge in [0.15, 0.2) is 0 Å². The molecule has 3 aliphatic carbocycles. The number of hydrogen-bond donors (Lipinski definition) is 0. The first-order valence-electron chi connectivity index (χ1n) is 17.8. The predicted octanol–water partition coefficient (Wildman–Crippen LogP) is 12.2. The monoisotopic (exact) mass is 650 g/mol. The standard InChI is InChI=1S/C48H30N2O/c1-5-15-40-32(10-1)33-11-2-6-16-41(33)48(40)42-17-7-3-12-34(42)39-26-29(20-24-43(39)48)30-19-22-36-37-23-21-31(28-46(37)51-45(36)27-30)50-44-18-8-4-13-35(44)38-14-9-25-49-47(38)50/h1-5,7-15,17-28H,6,16H2. The van der Waals surface area contributed by atoms with Crippen molar-refractivity contribution >= 4 is 49.4 Å². The molecular weight excluding hydrogens is 621 g/mol. The van der Waals surface area contributed by atoms with Gasteiger partial charge < -0.3 is 4.42 Å². The van der Waals surface area contributed by atoms with E-state index in [2.05, 4.69) is 150 Å². The van der Waals surface area contributed by atoms with Gasteiger partial charge in [0.05, 0.1) is 16.6 Å². The van der Waals surface area contributed by atoms with Crippen molar-refractivity contribution in [1.29, 1.82) is 0 Å². The minimum Gasteiger partial charge on any atom is -0.456 e. The van der Waals surface area contributed by atoms with Crippen LogP contribution in [0.3, 0.4) is 0 Å². The Bertz CT molecular complexity index is 2990. The van der Waals surface area contributed by atoms with Crippen molar-refractivity contribution in [3.63, 3.8) is 0 Å². The van der Waals surface area contributed by atoms with E-state index in [1.807, 2.05) is 12.3 Å². The van der Waals surface area contributed by atoms with E-state index in [1.54, 1.807) is 5.57 Å². The molecule has 0 aliphatic heterocycles. The van der Waals surface area contributed by atoms with E-state index < -0.39 is 0 Å². The fourth-order valence-electron chi connectivity index (χ4n) is 9.73. The zero-order valence-electron chi connectivity index (χ0n) is 27.7. The number of hydrogen-bond acceptors (Lipinski definition) is 2. The molecule has 3 heteroatoms. The minimum atomic E-state index is -0.243. The molecule has 0 saturated carbocycles. The van der Waals surface area contributed by atoms with Crippen molar-refractivity contribution in [3.8, 4) is 27.9 Å². The number of furan rings is 1. The lowest BCUT2D eigenvalue weighted by atomic mass is 9.68. The molecule has 9 aromatic rings. The molecular formula is C48H30N2O. The van der Waals surface area contributed by atoms with E-state index in [-0.39, 0.29) is 5.41 Å². The molecule has 0 saturated heterocycles. The quantitative estimate of drug-likeness (QED) is 0.186. The van der Waals surface area contributed by atoms with Gasteiger partial charge in [-0.05, 0) is 117 Å². The summed E-state index contributed by atoms with van der Waals surface area (Å²) in [5, 5.41) is 4.58. The third-order valence-corrected chi connectivity index (χ3v) is 11.8. The molecule has 0 N–H and O–H groups in total. The summed E-state index contributed by atoms with van der Waals surface area (Å²) in [5.41, 5.74) is 18.2. The Hall–Kier alpha value is -6.45. The lowest BCUT2D eigenvalue weighted by Gasteiger charge is -2.33. The van der Waals surface area contributed by atoms with Gasteiger partial charge >= 0.3 is 0 Å². The normalized spacial score (nSPS) is 17.2. The van der Waals surface area contributed by atoms with Crippen molar-refractivity contribution in [3.05, 3.63) is 186 Å². The number of fused-ring (bicyclic) bond motifs is 15. The van der Waals surface area contributed by atoms with Crippen LogP contribution in [0.4, 0.5) is 0 Å². The molecule has 51 heavy (non-hydrogen) atoms. The molecule has 3 heterocycles. The van der Waals surface area contributed by atoms with Crippen molar-refractivity contribution in [2.45, 2.75) is 18.3 Å². The number of aromatic nitrogens is 2. The number of allylic oxidation sites excluding steroid dienone is 4. The number of para-hydroxylation sites is 1. The third kappa shape index (κ3) is 3.45. The highest BCUT2D eigenvalue weighted by Gasteiger charge is 2.52. The number of pyridine rings is 1. The third-order valence-electron chi connectivity index (χ3n) is 11.8. The minimum absolute atomic E-state index is 0.243. The fourth-order valence-corrected chi connectivity index (χ4v) is 9.73. The molecule has 0 fully saturated rings. The van der Waals surface area contributed by atoms with Crippen LogP contribution in [0, 0.1) is 0 Å². The maximum atomic E-state index is 6.65. The van der Waals surface area contributed by atoms with Gasteiger partial charge in [-0.1, -0.05) is 97.1 Å². The summed E-state index contributed by atoms with van der Waals surface area (Å²) in [6.07, 6.45) is 8.74. The average Bonchev–Trinajstić information content (AvgIpc) is 3.91. The van der Waals surface area contributed by atoms with Crippen LogP contribution in [0.15, 0.2) is 168 Å². The van der Waals surface area contributed by atoms with E-state index in [0.29, 0.717) is 0 Å². The van der Waals surface area contributed by atoms with Crippen LogP contribution in [0.1, 0.15) is 35.1 Å². The predicted molar refractivity (Wildman–Crippen MR) is 208 cm³/mol. The lowest BCUT2D eigenvalue weighted by Crippen LogP contribution is -2.27. The zero-order chi connectivity index (χ0) is 33.3. The van der Waals surface area contributed by atoms with Gasteiger partial charge in [-0.2, -0.15) is 0 Å². The Morgan fingerprint density at radius 2 is 1.27 bits per heavy atom. The largest absolute Gasteiger partial charge is 0.456 e.